The highest BCUT2D eigenvalue weighted by Crippen LogP contribution is 2.35. The Morgan fingerprint density at radius 3 is 2.86 bits per heavy atom. The molecule has 0 fully saturated rings. The zero-order valence-electron chi connectivity index (χ0n) is 7.01. The predicted molar refractivity (Wildman–Crippen MR) is 41.7 cm³/mol. The van der Waals surface area contributed by atoms with Gasteiger partial charge in [-0.25, -0.2) is 0 Å². The first-order valence-electron chi connectivity index (χ1n) is 3.94. The van der Waals surface area contributed by atoms with Crippen LogP contribution in [-0.2, 0) is 6.18 Å². The van der Waals surface area contributed by atoms with Crippen molar-refractivity contribution in [3.63, 3.8) is 0 Å². The lowest BCUT2D eigenvalue weighted by Crippen LogP contribution is -2.11. The zero-order valence-corrected chi connectivity index (χ0v) is 7.01. The molecule has 0 saturated carbocycles. The number of fused-ring (bicyclic) bond motifs is 1. The van der Waals surface area contributed by atoms with E-state index < -0.39 is 11.9 Å². The summed E-state index contributed by atoms with van der Waals surface area (Å²) in [5.41, 5.74) is 5.13. The summed E-state index contributed by atoms with van der Waals surface area (Å²) < 4.78 is 41.6. The van der Waals surface area contributed by atoms with Crippen LogP contribution in [-0.4, -0.2) is 11.6 Å². The second kappa shape index (κ2) is 2.84. The Labute approximate surface area is 77.7 Å². The summed E-state index contributed by atoms with van der Waals surface area (Å²) in [4.78, 5) is 3.29. The molecule has 0 aliphatic carbocycles. The first-order valence-corrected chi connectivity index (χ1v) is 3.94. The van der Waals surface area contributed by atoms with Gasteiger partial charge in [0, 0.05) is 17.8 Å². The van der Waals surface area contributed by atoms with E-state index in [1.54, 1.807) is 0 Å². The molecule has 1 aliphatic rings. The molecule has 1 aromatic rings. The lowest BCUT2D eigenvalue weighted by atomic mass is 10.1. The Kier molecular flexibility index (Phi) is 1.88. The third-order valence-corrected chi connectivity index (χ3v) is 2.00. The van der Waals surface area contributed by atoms with Crippen LogP contribution in [0.3, 0.4) is 0 Å². The summed E-state index contributed by atoms with van der Waals surface area (Å²) in [6.45, 7) is 0.207. The van der Waals surface area contributed by atoms with Gasteiger partial charge in [0.25, 0.3) is 0 Å². The fourth-order valence-electron chi connectivity index (χ4n) is 1.28. The van der Waals surface area contributed by atoms with Crippen LogP contribution in [0.4, 0.5) is 13.2 Å². The van der Waals surface area contributed by atoms with Crippen molar-refractivity contribution in [3.05, 3.63) is 23.5 Å². The number of alkyl halides is 3. The number of halogens is 3. The Balaban J connectivity index is 2.42. The standard InChI is InChI=1S/C8H7F3N2O/c9-8(10,11)7-1-6-4(2-13-7)5(12)3-14-6/h1-2,5H,3,12H2/t5-/m1/s1. The largest absolute Gasteiger partial charge is 0.491 e. The van der Waals surface area contributed by atoms with E-state index in [-0.39, 0.29) is 18.4 Å². The van der Waals surface area contributed by atoms with Crippen molar-refractivity contribution in [1.29, 1.82) is 0 Å². The van der Waals surface area contributed by atoms with Gasteiger partial charge < -0.3 is 10.5 Å². The summed E-state index contributed by atoms with van der Waals surface area (Å²) >= 11 is 0. The third kappa shape index (κ3) is 1.41. The predicted octanol–water partition coefficient (Wildman–Crippen LogP) is 1.49. The van der Waals surface area contributed by atoms with Crippen molar-refractivity contribution in [2.75, 3.05) is 6.61 Å². The molecule has 1 aliphatic heterocycles. The van der Waals surface area contributed by atoms with Gasteiger partial charge in [-0.1, -0.05) is 0 Å². The molecule has 0 bridgehead atoms. The fraction of sp³-hybridized carbons (Fsp3) is 0.375. The maximum atomic E-state index is 12.2. The molecule has 0 aromatic carbocycles. The van der Waals surface area contributed by atoms with Gasteiger partial charge in [-0.05, 0) is 0 Å². The molecule has 1 atom stereocenters. The summed E-state index contributed by atoms with van der Waals surface area (Å²) in [7, 11) is 0. The lowest BCUT2D eigenvalue weighted by molar-refractivity contribution is -0.141. The smallest absolute Gasteiger partial charge is 0.433 e. The highest BCUT2D eigenvalue weighted by molar-refractivity contribution is 5.39. The minimum Gasteiger partial charge on any atom is -0.491 e. The summed E-state index contributed by atoms with van der Waals surface area (Å²) in [6, 6.07) is 0.502. The molecule has 0 radical (unpaired) electrons. The van der Waals surface area contributed by atoms with Crippen LogP contribution in [0, 0.1) is 0 Å². The Hall–Kier alpha value is -1.30. The fourth-order valence-corrected chi connectivity index (χ4v) is 1.28. The molecule has 14 heavy (non-hydrogen) atoms. The number of nitrogens with two attached hydrogens (primary N) is 1. The van der Waals surface area contributed by atoms with Crippen LogP contribution in [0.2, 0.25) is 0 Å². The number of ether oxygens (including phenoxy) is 1. The Bertz CT molecular complexity index is 364. The van der Waals surface area contributed by atoms with Crippen molar-refractivity contribution in [3.8, 4) is 5.75 Å². The second-order valence-corrected chi connectivity index (χ2v) is 3.02. The monoisotopic (exact) mass is 204 g/mol. The molecule has 2 N–H and O–H groups in total. The molecule has 0 amide bonds. The zero-order chi connectivity index (χ0) is 10.3. The number of nitrogens with zero attached hydrogens (tertiary/aromatic N) is 1. The molecule has 76 valence electrons. The van der Waals surface area contributed by atoms with Crippen molar-refractivity contribution in [2.45, 2.75) is 12.2 Å². The maximum absolute atomic E-state index is 12.2. The van der Waals surface area contributed by atoms with Gasteiger partial charge >= 0.3 is 6.18 Å². The Morgan fingerprint density at radius 2 is 2.21 bits per heavy atom. The van der Waals surface area contributed by atoms with E-state index in [4.69, 9.17) is 10.5 Å². The van der Waals surface area contributed by atoms with Crippen molar-refractivity contribution in [1.82, 2.24) is 4.98 Å². The van der Waals surface area contributed by atoms with Gasteiger partial charge in [0.05, 0.1) is 6.04 Å². The maximum Gasteiger partial charge on any atom is 0.433 e. The van der Waals surface area contributed by atoms with Crippen LogP contribution in [0.25, 0.3) is 0 Å². The lowest BCUT2D eigenvalue weighted by Gasteiger charge is -2.06. The van der Waals surface area contributed by atoms with E-state index in [1.807, 2.05) is 0 Å². The minimum atomic E-state index is -4.44. The SMILES string of the molecule is N[C@@H]1COc2cc(C(F)(F)F)ncc21. The molecule has 0 spiro atoms. The van der Waals surface area contributed by atoms with E-state index in [1.165, 1.54) is 0 Å². The summed E-state index contributed by atoms with van der Waals surface area (Å²) in [6.07, 6.45) is -3.32. The average molecular weight is 204 g/mol. The highest BCUT2D eigenvalue weighted by Gasteiger charge is 2.34. The van der Waals surface area contributed by atoms with E-state index in [0.717, 1.165) is 12.3 Å². The van der Waals surface area contributed by atoms with Gasteiger partial charge in [-0.2, -0.15) is 13.2 Å². The summed E-state index contributed by atoms with van der Waals surface area (Å²) in [5, 5.41) is 0. The van der Waals surface area contributed by atoms with Gasteiger partial charge in [-0.15, -0.1) is 0 Å². The number of pyridine rings is 1. The molecule has 1 aromatic heterocycles. The van der Waals surface area contributed by atoms with E-state index in [0.29, 0.717) is 5.56 Å². The first-order chi connectivity index (χ1) is 6.48. The van der Waals surface area contributed by atoms with Crippen molar-refractivity contribution >= 4 is 0 Å². The molecular weight excluding hydrogens is 197 g/mol. The normalized spacial score (nSPS) is 20.4. The van der Waals surface area contributed by atoms with E-state index in [2.05, 4.69) is 4.98 Å². The Morgan fingerprint density at radius 1 is 1.50 bits per heavy atom. The molecule has 0 unspecified atom stereocenters. The number of hydrogen-bond donors (Lipinski definition) is 1. The molecule has 6 heteroatoms. The molecule has 0 saturated heterocycles. The molecule has 3 nitrogen and oxygen atoms in total. The van der Waals surface area contributed by atoms with Crippen molar-refractivity contribution < 1.29 is 17.9 Å². The van der Waals surface area contributed by atoms with Crippen LogP contribution in [0.1, 0.15) is 17.3 Å². The number of aromatic nitrogens is 1. The first kappa shape index (κ1) is 9.26. The summed E-state index contributed by atoms with van der Waals surface area (Å²) in [5.74, 6) is 0.180. The van der Waals surface area contributed by atoms with Gasteiger partial charge in [0.2, 0.25) is 0 Å². The average Bonchev–Trinajstić information content (AvgIpc) is 2.46. The van der Waals surface area contributed by atoms with Crippen LogP contribution < -0.4 is 10.5 Å². The van der Waals surface area contributed by atoms with Gasteiger partial charge in [0.1, 0.15) is 18.1 Å². The van der Waals surface area contributed by atoms with E-state index in [9.17, 15) is 13.2 Å². The number of hydrogen-bond acceptors (Lipinski definition) is 3. The quantitative estimate of drug-likeness (QED) is 0.696. The third-order valence-electron chi connectivity index (χ3n) is 2.00. The topological polar surface area (TPSA) is 48.1 Å². The van der Waals surface area contributed by atoms with E-state index >= 15 is 0 Å². The van der Waals surface area contributed by atoms with Crippen LogP contribution in [0.15, 0.2) is 12.3 Å². The molecule has 2 rings (SSSR count). The molecule has 2 heterocycles. The van der Waals surface area contributed by atoms with Crippen LogP contribution >= 0.6 is 0 Å². The van der Waals surface area contributed by atoms with Gasteiger partial charge in [-0.3, -0.25) is 4.98 Å². The molecular formula is C8H7F3N2O. The minimum absolute atomic E-state index is 0.180. The van der Waals surface area contributed by atoms with Crippen LogP contribution in [0.5, 0.6) is 5.75 Å². The number of rotatable bonds is 0. The van der Waals surface area contributed by atoms with Crippen molar-refractivity contribution in [2.24, 2.45) is 5.73 Å². The second-order valence-electron chi connectivity index (χ2n) is 3.02. The highest BCUT2D eigenvalue weighted by atomic mass is 19.4. The van der Waals surface area contributed by atoms with Gasteiger partial charge in [0.15, 0.2) is 0 Å².